The highest BCUT2D eigenvalue weighted by Gasteiger charge is 2.11. The Morgan fingerprint density at radius 3 is 2.69 bits per heavy atom. The van der Waals surface area contributed by atoms with Gasteiger partial charge in [0.15, 0.2) is 0 Å². The minimum Gasteiger partial charge on any atom is -0.258 e. The van der Waals surface area contributed by atoms with Gasteiger partial charge in [0.25, 0.3) is 5.69 Å². The lowest BCUT2D eigenvalue weighted by Gasteiger charge is -1.98. The third-order valence-electron chi connectivity index (χ3n) is 1.76. The summed E-state index contributed by atoms with van der Waals surface area (Å²) < 4.78 is 0. The Labute approximate surface area is 76.5 Å². The second-order valence-electron chi connectivity index (χ2n) is 2.58. The quantitative estimate of drug-likeness (QED) is 0.373. The van der Waals surface area contributed by atoms with Crippen LogP contribution >= 0.6 is 0 Å². The van der Waals surface area contributed by atoms with E-state index in [1.54, 1.807) is 26.0 Å². The Morgan fingerprint density at radius 1 is 1.46 bits per heavy atom. The molecule has 0 N–H and O–H groups in total. The number of hydrogen-bond acceptors (Lipinski definition) is 2. The zero-order chi connectivity index (χ0) is 9.84. The van der Waals surface area contributed by atoms with Crippen molar-refractivity contribution in [3.63, 3.8) is 0 Å². The van der Waals surface area contributed by atoms with Gasteiger partial charge < -0.3 is 0 Å². The number of benzene rings is 1. The van der Waals surface area contributed by atoms with Crippen LogP contribution in [0.5, 0.6) is 0 Å². The Bertz CT molecular complexity index is 399. The highest BCUT2D eigenvalue weighted by atomic mass is 16.6. The average molecular weight is 175 g/mol. The zero-order valence-electron chi connectivity index (χ0n) is 7.50. The van der Waals surface area contributed by atoms with Crippen molar-refractivity contribution in [2.75, 3.05) is 0 Å². The summed E-state index contributed by atoms with van der Waals surface area (Å²) in [4.78, 5) is 10.1. The average Bonchev–Trinajstić information content (AvgIpc) is 2.08. The fraction of sp³-hybridized carbons (Fsp3) is 0.200. The van der Waals surface area contributed by atoms with Gasteiger partial charge in [-0.05, 0) is 19.9 Å². The third-order valence-corrected chi connectivity index (χ3v) is 1.76. The second kappa shape index (κ2) is 3.72. The van der Waals surface area contributed by atoms with Gasteiger partial charge in [-0.15, -0.1) is 5.92 Å². The maximum Gasteiger partial charge on any atom is 0.273 e. The normalized spacial score (nSPS) is 8.77. The standard InChI is InChI=1S/C10H9NO2/c1-3-5-9-6-4-7-10(8(9)2)11(12)13/h4,6-7H,1-2H3. The molecule has 0 aliphatic heterocycles. The third kappa shape index (κ3) is 1.85. The summed E-state index contributed by atoms with van der Waals surface area (Å²) in [6, 6.07) is 4.90. The van der Waals surface area contributed by atoms with E-state index >= 15 is 0 Å². The predicted molar refractivity (Wildman–Crippen MR) is 50.4 cm³/mol. The van der Waals surface area contributed by atoms with Crippen LogP contribution in [-0.4, -0.2) is 4.92 Å². The van der Waals surface area contributed by atoms with Crippen LogP contribution in [0.1, 0.15) is 18.1 Å². The number of nitro groups is 1. The van der Waals surface area contributed by atoms with Gasteiger partial charge in [0, 0.05) is 17.2 Å². The molecule has 0 aliphatic carbocycles. The lowest BCUT2D eigenvalue weighted by Crippen LogP contribution is -1.93. The molecule has 0 bridgehead atoms. The highest BCUT2D eigenvalue weighted by molar-refractivity contribution is 5.51. The topological polar surface area (TPSA) is 43.1 Å². The first-order valence-electron chi connectivity index (χ1n) is 3.83. The molecule has 0 saturated carbocycles. The maximum absolute atomic E-state index is 10.5. The number of hydrogen-bond donors (Lipinski definition) is 0. The van der Waals surface area contributed by atoms with Gasteiger partial charge in [-0.25, -0.2) is 0 Å². The van der Waals surface area contributed by atoms with E-state index in [1.165, 1.54) is 6.07 Å². The van der Waals surface area contributed by atoms with Crippen LogP contribution in [0.4, 0.5) is 5.69 Å². The summed E-state index contributed by atoms with van der Waals surface area (Å²) in [6.07, 6.45) is 0. The van der Waals surface area contributed by atoms with Crippen molar-refractivity contribution in [3.05, 3.63) is 39.4 Å². The summed E-state index contributed by atoms with van der Waals surface area (Å²) in [5.41, 5.74) is 1.47. The monoisotopic (exact) mass is 175 g/mol. The molecule has 0 fully saturated rings. The summed E-state index contributed by atoms with van der Waals surface area (Å²) in [7, 11) is 0. The van der Waals surface area contributed by atoms with Gasteiger partial charge in [-0.1, -0.05) is 12.0 Å². The molecule has 0 amide bonds. The molecular weight excluding hydrogens is 166 g/mol. The molecule has 1 aromatic carbocycles. The molecular formula is C10H9NO2. The van der Waals surface area contributed by atoms with E-state index in [4.69, 9.17) is 0 Å². The van der Waals surface area contributed by atoms with Crippen molar-refractivity contribution in [1.29, 1.82) is 0 Å². The van der Waals surface area contributed by atoms with E-state index in [-0.39, 0.29) is 5.69 Å². The van der Waals surface area contributed by atoms with Gasteiger partial charge in [0.1, 0.15) is 0 Å². The largest absolute Gasteiger partial charge is 0.273 e. The van der Waals surface area contributed by atoms with Crippen LogP contribution in [0.2, 0.25) is 0 Å². The number of rotatable bonds is 1. The van der Waals surface area contributed by atoms with Gasteiger partial charge in [-0.2, -0.15) is 0 Å². The van der Waals surface area contributed by atoms with Crippen molar-refractivity contribution in [2.45, 2.75) is 13.8 Å². The van der Waals surface area contributed by atoms with Crippen LogP contribution < -0.4 is 0 Å². The Hall–Kier alpha value is -1.82. The number of nitrogens with zero attached hydrogens (tertiary/aromatic N) is 1. The molecule has 0 radical (unpaired) electrons. The van der Waals surface area contributed by atoms with E-state index in [9.17, 15) is 10.1 Å². The summed E-state index contributed by atoms with van der Waals surface area (Å²) in [6.45, 7) is 3.41. The lowest BCUT2D eigenvalue weighted by molar-refractivity contribution is -0.385. The van der Waals surface area contributed by atoms with E-state index in [1.807, 2.05) is 0 Å². The fourth-order valence-corrected chi connectivity index (χ4v) is 1.09. The summed E-state index contributed by atoms with van der Waals surface area (Å²) in [5.74, 6) is 5.53. The molecule has 0 aromatic heterocycles. The van der Waals surface area contributed by atoms with Crippen molar-refractivity contribution < 1.29 is 4.92 Å². The summed E-state index contributed by atoms with van der Waals surface area (Å²) in [5, 5.41) is 10.5. The molecule has 0 saturated heterocycles. The SMILES string of the molecule is CC#Cc1cccc([N+](=O)[O-])c1C. The molecule has 1 rings (SSSR count). The van der Waals surface area contributed by atoms with Gasteiger partial charge in [-0.3, -0.25) is 10.1 Å². The van der Waals surface area contributed by atoms with Crippen molar-refractivity contribution in [1.82, 2.24) is 0 Å². The molecule has 66 valence electrons. The Balaban J connectivity index is 3.31. The van der Waals surface area contributed by atoms with Crippen LogP contribution in [0.15, 0.2) is 18.2 Å². The molecule has 0 aliphatic rings. The predicted octanol–water partition coefficient (Wildman–Crippen LogP) is 2.27. The maximum atomic E-state index is 10.5. The highest BCUT2D eigenvalue weighted by Crippen LogP contribution is 2.19. The summed E-state index contributed by atoms with van der Waals surface area (Å²) >= 11 is 0. The minimum absolute atomic E-state index is 0.125. The minimum atomic E-state index is -0.393. The van der Waals surface area contributed by atoms with E-state index < -0.39 is 4.92 Å². The van der Waals surface area contributed by atoms with Crippen molar-refractivity contribution in [2.24, 2.45) is 0 Å². The van der Waals surface area contributed by atoms with Gasteiger partial charge in [0.2, 0.25) is 0 Å². The molecule has 0 spiro atoms. The van der Waals surface area contributed by atoms with E-state index in [0.717, 1.165) is 5.56 Å². The fourth-order valence-electron chi connectivity index (χ4n) is 1.09. The van der Waals surface area contributed by atoms with Crippen molar-refractivity contribution >= 4 is 5.69 Å². The van der Waals surface area contributed by atoms with Crippen LogP contribution in [0, 0.1) is 28.9 Å². The van der Waals surface area contributed by atoms with Crippen LogP contribution in [-0.2, 0) is 0 Å². The first-order chi connectivity index (χ1) is 6.16. The zero-order valence-corrected chi connectivity index (χ0v) is 7.50. The van der Waals surface area contributed by atoms with Crippen LogP contribution in [0.25, 0.3) is 0 Å². The molecule has 1 aromatic rings. The smallest absolute Gasteiger partial charge is 0.258 e. The Kier molecular flexibility index (Phi) is 2.65. The first kappa shape index (κ1) is 9.27. The van der Waals surface area contributed by atoms with E-state index in [0.29, 0.717) is 5.56 Å². The van der Waals surface area contributed by atoms with Crippen molar-refractivity contribution in [3.8, 4) is 11.8 Å². The molecule has 0 heterocycles. The second-order valence-corrected chi connectivity index (χ2v) is 2.58. The van der Waals surface area contributed by atoms with Crippen LogP contribution in [0.3, 0.4) is 0 Å². The first-order valence-corrected chi connectivity index (χ1v) is 3.83. The number of nitro benzene ring substituents is 1. The Morgan fingerprint density at radius 2 is 2.15 bits per heavy atom. The van der Waals surface area contributed by atoms with Gasteiger partial charge >= 0.3 is 0 Å². The molecule has 13 heavy (non-hydrogen) atoms. The van der Waals surface area contributed by atoms with E-state index in [2.05, 4.69) is 11.8 Å². The lowest BCUT2D eigenvalue weighted by atomic mass is 10.1. The molecule has 3 nitrogen and oxygen atoms in total. The van der Waals surface area contributed by atoms with Gasteiger partial charge in [0.05, 0.1) is 4.92 Å². The molecule has 0 unspecified atom stereocenters. The molecule has 0 atom stereocenters. The molecule has 3 heteroatoms.